The van der Waals surface area contributed by atoms with Gasteiger partial charge in [0, 0.05) is 10.7 Å². The van der Waals surface area contributed by atoms with Crippen molar-refractivity contribution in [1.82, 2.24) is 15.2 Å². The van der Waals surface area contributed by atoms with Gasteiger partial charge < -0.3 is 0 Å². The highest BCUT2D eigenvalue weighted by molar-refractivity contribution is 9.10. The van der Waals surface area contributed by atoms with Gasteiger partial charge in [-0.3, -0.25) is 10.1 Å². The van der Waals surface area contributed by atoms with Crippen LogP contribution in [0.15, 0.2) is 16.7 Å². The molecule has 0 fully saturated rings. The summed E-state index contributed by atoms with van der Waals surface area (Å²) in [6, 6.07) is 3.78. The van der Waals surface area contributed by atoms with Crippen molar-refractivity contribution in [3.63, 3.8) is 0 Å². The molecule has 12 heavy (non-hydrogen) atoms. The number of nitrogens with zero attached hydrogens (tertiary/aromatic N) is 3. The highest BCUT2D eigenvalue weighted by Crippen LogP contribution is 2.16. The van der Waals surface area contributed by atoms with Gasteiger partial charge in [0.2, 0.25) is 0 Å². The molecule has 0 radical (unpaired) electrons. The number of rotatable bonds is 0. The van der Waals surface area contributed by atoms with Crippen molar-refractivity contribution in [3.8, 4) is 6.07 Å². The fourth-order valence-electron chi connectivity index (χ4n) is 0.960. The van der Waals surface area contributed by atoms with Crippen LogP contribution in [-0.2, 0) is 0 Å². The van der Waals surface area contributed by atoms with Crippen LogP contribution in [0.4, 0.5) is 0 Å². The minimum Gasteiger partial charge on any atom is -0.275 e. The summed E-state index contributed by atoms with van der Waals surface area (Å²) in [5.41, 5.74) is 1.71. The Hall–Kier alpha value is -1.41. The fourth-order valence-corrected chi connectivity index (χ4v) is 1.29. The predicted octanol–water partition coefficient (Wildman–Crippen LogP) is 1.59. The van der Waals surface area contributed by atoms with Crippen LogP contribution in [0.2, 0.25) is 0 Å². The number of hydrogen-bond acceptors (Lipinski definition) is 3. The van der Waals surface area contributed by atoms with Crippen LogP contribution in [0, 0.1) is 11.3 Å². The molecule has 0 aromatic carbocycles. The predicted molar refractivity (Wildman–Crippen MR) is 46.3 cm³/mol. The molecule has 0 atom stereocenters. The quantitative estimate of drug-likeness (QED) is 0.737. The molecule has 0 aliphatic heterocycles. The molecule has 0 bridgehead atoms. The Labute approximate surface area is 76.4 Å². The summed E-state index contributed by atoms with van der Waals surface area (Å²) in [6.07, 6.45) is 1.64. The van der Waals surface area contributed by atoms with E-state index in [2.05, 4.69) is 31.1 Å². The summed E-state index contributed by atoms with van der Waals surface area (Å²) in [5, 5.41) is 15.1. The summed E-state index contributed by atoms with van der Waals surface area (Å²) >= 11 is 3.27. The Morgan fingerprint density at radius 1 is 1.58 bits per heavy atom. The molecule has 0 aliphatic carbocycles. The van der Waals surface area contributed by atoms with E-state index in [-0.39, 0.29) is 0 Å². The maximum Gasteiger partial charge on any atom is 0.188 e. The van der Waals surface area contributed by atoms with Crippen molar-refractivity contribution in [2.75, 3.05) is 0 Å². The van der Waals surface area contributed by atoms with Gasteiger partial charge in [-0.1, -0.05) is 0 Å². The third kappa shape index (κ3) is 0.970. The van der Waals surface area contributed by atoms with Crippen LogP contribution in [0.3, 0.4) is 0 Å². The molecule has 5 heteroatoms. The Morgan fingerprint density at radius 2 is 2.42 bits per heavy atom. The molecule has 0 amide bonds. The number of nitrogens with one attached hydrogen (secondary N) is 1. The third-order valence-corrected chi connectivity index (χ3v) is 1.91. The Morgan fingerprint density at radius 3 is 3.17 bits per heavy atom. The molecule has 2 rings (SSSR count). The first-order valence-corrected chi connectivity index (χ1v) is 4.00. The van der Waals surface area contributed by atoms with Gasteiger partial charge in [-0.25, -0.2) is 0 Å². The lowest BCUT2D eigenvalue weighted by atomic mass is 10.3. The van der Waals surface area contributed by atoms with Gasteiger partial charge in [-0.15, -0.1) is 0 Å². The second-order valence-electron chi connectivity index (χ2n) is 2.23. The van der Waals surface area contributed by atoms with Crippen LogP contribution in [0.1, 0.15) is 5.69 Å². The number of fused-ring (bicyclic) bond motifs is 1. The van der Waals surface area contributed by atoms with Crippen molar-refractivity contribution in [3.05, 3.63) is 22.4 Å². The maximum absolute atomic E-state index is 8.61. The number of nitriles is 1. The lowest BCUT2D eigenvalue weighted by Gasteiger charge is -1.88. The molecule has 0 unspecified atom stereocenters. The molecule has 58 valence electrons. The lowest BCUT2D eigenvalue weighted by Crippen LogP contribution is -1.77. The third-order valence-electron chi connectivity index (χ3n) is 1.47. The second kappa shape index (κ2) is 2.57. The average molecular weight is 223 g/mol. The molecule has 1 N–H and O–H groups in total. The first-order valence-electron chi connectivity index (χ1n) is 3.21. The molecule has 0 saturated carbocycles. The Kier molecular flexibility index (Phi) is 1.55. The van der Waals surface area contributed by atoms with Gasteiger partial charge in [-0.05, 0) is 22.0 Å². The Balaban J connectivity index is 2.84. The zero-order valence-electron chi connectivity index (χ0n) is 5.87. The number of aromatic nitrogens is 3. The van der Waals surface area contributed by atoms with E-state index in [9.17, 15) is 0 Å². The van der Waals surface area contributed by atoms with E-state index in [1.54, 1.807) is 6.20 Å². The molecule has 0 aliphatic rings. The van der Waals surface area contributed by atoms with E-state index < -0.39 is 0 Å². The van der Waals surface area contributed by atoms with Crippen molar-refractivity contribution in [2.45, 2.75) is 0 Å². The van der Waals surface area contributed by atoms with E-state index in [4.69, 9.17) is 5.26 Å². The molecule has 2 aromatic rings. The van der Waals surface area contributed by atoms with E-state index in [1.165, 1.54) is 0 Å². The van der Waals surface area contributed by atoms with Crippen molar-refractivity contribution >= 4 is 27.0 Å². The van der Waals surface area contributed by atoms with Crippen LogP contribution >= 0.6 is 15.9 Å². The minimum absolute atomic E-state index is 0.331. The van der Waals surface area contributed by atoms with Gasteiger partial charge in [0.1, 0.15) is 11.6 Å². The largest absolute Gasteiger partial charge is 0.275 e. The van der Waals surface area contributed by atoms with Crippen LogP contribution < -0.4 is 0 Å². The van der Waals surface area contributed by atoms with Crippen molar-refractivity contribution in [1.29, 1.82) is 5.26 Å². The minimum atomic E-state index is 0.331. The van der Waals surface area contributed by atoms with Gasteiger partial charge in [0.05, 0.1) is 5.52 Å². The fraction of sp³-hybridized carbons (Fsp3) is 0. The monoisotopic (exact) mass is 222 g/mol. The van der Waals surface area contributed by atoms with E-state index in [1.807, 2.05) is 12.1 Å². The molecule has 4 nitrogen and oxygen atoms in total. The zero-order valence-corrected chi connectivity index (χ0v) is 7.46. The van der Waals surface area contributed by atoms with Crippen molar-refractivity contribution in [2.24, 2.45) is 0 Å². The van der Waals surface area contributed by atoms with Gasteiger partial charge in [-0.2, -0.15) is 10.4 Å². The number of pyridine rings is 1. The van der Waals surface area contributed by atoms with E-state index in [0.717, 1.165) is 9.99 Å². The summed E-state index contributed by atoms with van der Waals surface area (Å²) < 4.78 is 0.864. The Bertz CT molecular complexity index is 468. The SMILES string of the molecule is N#Cc1n[nH]c2cc(Br)cnc12. The summed E-state index contributed by atoms with van der Waals surface area (Å²) in [5.74, 6) is 0. The topological polar surface area (TPSA) is 65.4 Å². The normalized spacial score (nSPS) is 10.0. The number of hydrogen-bond donors (Lipinski definition) is 1. The number of halogens is 1. The highest BCUT2D eigenvalue weighted by atomic mass is 79.9. The lowest BCUT2D eigenvalue weighted by molar-refractivity contribution is 1.10. The number of aromatic amines is 1. The first kappa shape index (κ1) is 7.25. The zero-order chi connectivity index (χ0) is 8.55. The van der Waals surface area contributed by atoms with E-state index >= 15 is 0 Å². The van der Waals surface area contributed by atoms with Crippen molar-refractivity contribution < 1.29 is 0 Å². The summed E-state index contributed by atoms with van der Waals surface area (Å²) in [7, 11) is 0. The summed E-state index contributed by atoms with van der Waals surface area (Å²) in [6.45, 7) is 0. The van der Waals surface area contributed by atoms with Crippen LogP contribution in [0.5, 0.6) is 0 Å². The number of H-pyrrole nitrogens is 1. The smallest absolute Gasteiger partial charge is 0.188 e. The van der Waals surface area contributed by atoms with Gasteiger partial charge >= 0.3 is 0 Å². The first-order chi connectivity index (χ1) is 5.81. The molecule has 0 spiro atoms. The van der Waals surface area contributed by atoms with Gasteiger partial charge in [0.25, 0.3) is 0 Å². The highest BCUT2D eigenvalue weighted by Gasteiger charge is 2.05. The standard InChI is InChI=1S/C7H3BrN4/c8-4-1-5-7(10-3-4)6(2-9)12-11-5/h1,3H,(H,11,12). The molecular formula is C7H3BrN4. The van der Waals surface area contributed by atoms with Gasteiger partial charge in [0.15, 0.2) is 5.69 Å². The maximum atomic E-state index is 8.61. The molecule has 2 aromatic heterocycles. The summed E-state index contributed by atoms with van der Waals surface area (Å²) in [4.78, 5) is 4.05. The molecule has 0 saturated heterocycles. The molecule has 2 heterocycles. The van der Waals surface area contributed by atoms with E-state index in [0.29, 0.717) is 11.2 Å². The molecular weight excluding hydrogens is 220 g/mol. The van der Waals surface area contributed by atoms with Crippen LogP contribution in [0.25, 0.3) is 11.0 Å². The van der Waals surface area contributed by atoms with Crippen LogP contribution in [-0.4, -0.2) is 15.2 Å². The average Bonchev–Trinajstić information content (AvgIpc) is 2.46. The second-order valence-corrected chi connectivity index (χ2v) is 3.15.